The smallest absolute Gasteiger partial charge is 0.224 e. The van der Waals surface area contributed by atoms with Crippen molar-refractivity contribution in [1.82, 2.24) is 15.3 Å². The highest BCUT2D eigenvalue weighted by Gasteiger charge is 2.05. The maximum absolute atomic E-state index is 12.0. The lowest BCUT2D eigenvalue weighted by Gasteiger charge is -2.06. The van der Waals surface area contributed by atoms with Gasteiger partial charge in [-0.05, 0) is 30.2 Å². The van der Waals surface area contributed by atoms with Crippen LogP contribution in [0.3, 0.4) is 0 Å². The van der Waals surface area contributed by atoms with E-state index < -0.39 is 0 Å². The van der Waals surface area contributed by atoms with E-state index in [0.717, 1.165) is 22.2 Å². The summed E-state index contributed by atoms with van der Waals surface area (Å²) in [6.45, 7) is 2.61. The summed E-state index contributed by atoms with van der Waals surface area (Å²) >= 11 is 0. The maximum Gasteiger partial charge on any atom is 0.224 e. The van der Waals surface area contributed by atoms with Gasteiger partial charge in [-0.15, -0.1) is 0 Å². The van der Waals surface area contributed by atoms with Crippen LogP contribution >= 0.6 is 0 Å². The molecule has 0 aliphatic heterocycles. The van der Waals surface area contributed by atoms with Crippen LogP contribution in [0.5, 0.6) is 0 Å². The first-order chi connectivity index (χ1) is 10.2. The summed E-state index contributed by atoms with van der Waals surface area (Å²) in [5.74, 6) is 0.0235. The number of benzene rings is 2. The van der Waals surface area contributed by atoms with Gasteiger partial charge >= 0.3 is 0 Å². The highest BCUT2D eigenvalue weighted by atomic mass is 16.1. The van der Waals surface area contributed by atoms with Crippen molar-refractivity contribution < 1.29 is 4.79 Å². The van der Waals surface area contributed by atoms with E-state index in [9.17, 15) is 4.79 Å². The van der Waals surface area contributed by atoms with Gasteiger partial charge in [0.1, 0.15) is 0 Å². The summed E-state index contributed by atoms with van der Waals surface area (Å²) < 4.78 is 0. The Hall–Kier alpha value is -2.62. The quantitative estimate of drug-likeness (QED) is 0.771. The molecular formula is C17H17N3O. The van der Waals surface area contributed by atoms with Crippen molar-refractivity contribution in [3.05, 3.63) is 65.5 Å². The molecule has 21 heavy (non-hydrogen) atoms. The number of amides is 1. The topological polar surface area (TPSA) is 57.8 Å². The lowest BCUT2D eigenvalue weighted by atomic mass is 10.1. The molecule has 106 valence electrons. The average molecular weight is 279 g/mol. The van der Waals surface area contributed by atoms with Gasteiger partial charge in [-0.1, -0.05) is 35.9 Å². The first-order valence-electron chi connectivity index (χ1n) is 6.95. The van der Waals surface area contributed by atoms with Crippen molar-refractivity contribution in [1.29, 1.82) is 0 Å². The third-order valence-corrected chi connectivity index (χ3v) is 3.42. The number of fused-ring (bicyclic) bond motifs is 1. The van der Waals surface area contributed by atoms with Crippen LogP contribution in [0, 0.1) is 6.92 Å². The summed E-state index contributed by atoms with van der Waals surface area (Å²) in [6, 6.07) is 14.0. The van der Waals surface area contributed by atoms with E-state index in [1.54, 1.807) is 6.33 Å². The summed E-state index contributed by atoms with van der Waals surface area (Å²) in [7, 11) is 0. The van der Waals surface area contributed by atoms with Crippen LogP contribution in [0.2, 0.25) is 0 Å². The Labute approximate surface area is 123 Å². The van der Waals surface area contributed by atoms with Crippen LogP contribution in [0.25, 0.3) is 11.0 Å². The molecule has 0 saturated heterocycles. The van der Waals surface area contributed by atoms with E-state index >= 15 is 0 Å². The predicted molar refractivity (Wildman–Crippen MR) is 82.8 cm³/mol. The minimum absolute atomic E-state index is 0.0235. The van der Waals surface area contributed by atoms with E-state index in [2.05, 4.69) is 21.4 Å². The average Bonchev–Trinajstić information content (AvgIpc) is 2.93. The van der Waals surface area contributed by atoms with Gasteiger partial charge in [0.05, 0.1) is 23.8 Å². The summed E-state index contributed by atoms with van der Waals surface area (Å²) in [5, 5.41) is 2.95. The molecule has 3 rings (SSSR count). The highest BCUT2D eigenvalue weighted by molar-refractivity contribution is 5.81. The maximum atomic E-state index is 12.0. The molecule has 4 nitrogen and oxygen atoms in total. The SMILES string of the molecule is Cc1cccc(CNC(=O)Cc2ccc3nc[nH]c3c2)c1. The second kappa shape index (κ2) is 5.79. The van der Waals surface area contributed by atoms with Crippen LogP contribution in [-0.2, 0) is 17.8 Å². The fourth-order valence-corrected chi connectivity index (χ4v) is 2.36. The van der Waals surface area contributed by atoms with E-state index in [-0.39, 0.29) is 5.91 Å². The van der Waals surface area contributed by atoms with Gasteiger partial charge in [0.25, 0.3) is 0 Å². The molecule has 2 N–H and O–H groups in total. The van der Waals surface area contributed by atoms with E-state index in [1.165, 1.54) is 5.56 Å². The van der Waals surface area contributed by atoms with E-state index in [0.29, 0.717) is 13.0 Å². The Morgan fingerprint density at radius 2 is 2.10 bits per heavy atom. The molecule has 1 heterocycles. The Bertz CT molecular complexity index is 776. The van der Waals surface area contributed by atoms with Gasteiger partial charge in [-0.3, -0.25) is 4.79 Å². The number of imidazole rings is 1. The van der Waals surface area contributed by atoms with Crippen molar-refractivity contribution in [3.63, 3.8) is 0 Å². The number of carbonyl (C=O) groups excluding carboxylic acids is 1. The molecule has 4 heteroatoms. The molecule has 0 bridgehead atoms. The monoisotopic (exact) mass is 279 g/mol. The first kappa shape index (κ1) is 13.4. The number of carbonyl (C=O) groups is 1. The van der Waals surface area contributed by atoms with Crippen molar-refractivity contribution in [2.75, 3.05) is 0 Å². The summed E-state index contributed by atoms with van der Waals surface area (Å²) in [6.07, 6.45) is 2.03. The molecular weight excluding hydrogens is 262 g/mol. The van der Waals surface area contributed by atoms with Crippen molar-refractivity contribution in [2.24, 2.45) is 0 Å². The van der Waals surface area contributed by atoms with Crippen molar-refractivity contribution in [2.45, 2.75) is 19.9 Å². The molecule has 3 aromatic rings. The molecule has 0 saturated carbocycles. The Kier molecular flexibility index (Phi) is 3.69. The van der Waals surface area contributed by atoms with E-state index in [4.69, 9.17) is 0 Å². The predicted octanol–water partition coefficient (Wildman–Crippen LogP) is 2.73. The number of hydrogen-bond acceptors (Lipinski definition) is 2. The molecule has 0 aliphatic carbocycles. The molecule has 1 amide bonds. The lowest BCUT2D eigenvalue weighted by molar-refractivity contribution is -0.120. The Morgan fingerprint density at radius 3 is 2.95 bits per heavy atom. The zero-order valence-corrected chi connectivity index (χ0v) is 11.9. The second-order valence-electron chi connectivity index (χ2n) is 5.20. The fraction of sp³-hybridized carbons (Fsp3) is 0.176. The van der Waals surface area contributed by atoms with Crippen molar-refractivity contribution in [3.8, 4) is 0 Å². The molecule has 0 fully saturated rings. The number of aryl methyl sites for hydroxylation is 1. The van der Waals surface area contributed by atoms with Gasteiger partial charge in [0, 0.05) is 6.54 Å². The molecule has 0 unspecified atom stereocenters. The van der Waals surface area contributed by atoms with Crippen LogP contribution in [0.1, 0.15) is 16.7 Å². The minimum Gasteiger partial charge on any atom is -0.352 e. The molecule has 0 aliphatic rings. The number of nitrogens with one attached hydrogen (secondary N) is 2. The largest absolute Gasteiger partial charge is 0.352 e. The first-order valence-corrected chi connectivity index (χ1v) is 6.95. The molecule has 0 atom stereocenters. The zero-order valence-electron chi connectivity index (χ0n) is 11.9. The van der Waals surface area contributed by atoms with Gasteiger partial charge in [0.2, 0.25) is 5.91 Å². The summed E-state index contributed by atoms with van der Waals surface area (Å²) in [4.78, 5) is 19.2. The molecule has 2 aromatic carbocycles. The fourth-order valence-electron chi connectivity index (χ4n) is 2.36. The molecule has 0 radical (unpaired) electrons. The van der Waals surface area contributed by atoms with Crippen LogP contribution in [0.4, 0.5) is 0 Å². The Morgan fingerprint density at radius 1 is 1.19 bits per heavy atom. The number of aromatic nitrogens is 2. The van der Waals surface area contributed by atoms with Crippen LogP contribution < -0.4 is 5.32 Å². The third-order valence-electron chi connectivity index (χ3n) is 3.42. The van der Waals surface area contributed by atoms with Crippen LogP contribution in [-0.4, -0.2) is 15.9 Å². The highest BCUT2D eigenvalue weighted by Crippen LogP contribution is 2.12. The number of nitrogens with zero attached hydrogens (tertiary/aromatic N) is 1. The standard InChI is InChI=1S/C17H17N3O/c1-12-3-2-4-14(7-12)10-18-17(21)9-13-5-6-15-16(8-13)20-11-19-15/h2-8,11H,9-10H2,1H3,(H,18,21)(H,19,20). The van der Waals surface area contributed by atoms with Crippen molar-refractivity contribution >= 4 is 16.9 Å². The second-order valence-corrected chi connectivity index (χ2v) is 5.20. The number of H-pyrrole nitrogens is 1. The number of hydrogen-bond donors (Lipinski definition) is 2. The molecule has 0 spiro atoms. The van der Waals surface area contributed by atoms with Gasteiger partial charge in [0.15, 0.2) is 0 Å². The minimum atomic E-state index is 0.0235. The van der Waals surface area contributed by atoms with Crippen LogP contribution in [0.15, 0.2) is 48.8 Å². The van der Waals surface area contributed by atoms with Gasteiger partial charge < -0.3 is 10.3 Å². The van der Waals surface area contributed by atoms with E-state index in [1.807, 2.05) is 43.3 Å². The Balaban J connectivity index is 1.60. The van der Waals surface area contributed by atoms with Gasteiger partial charge in [-0.25, -0.2) is 4.98 Å². The lowest BCUT2D eigenvalue weighted by Crippen LogP contribution is -2.24. The normalized spacial score (nSPS) is 10.7. The van der Waals surface area contributed by atoms with Gasteiger partial charge in [-0.2, -0.15) is 0 Å². The molecule has 1 aromatic heterocycles. The zero-order chi connectivity index (χ0) is 14.7. The number of rotatable bonds is 4. The summed E-state index contributed by atoms with van der Waals surface area (Å²) in [5.41, 5.74) is 5.17. The number of aromatic amines is 1. The third kappa shape index (κ3) is 3.28.